The van der Waals surface area contributed by atoms with Crippen molar-refractivity contribution in [2.45, 2.75) is 69.8 Å². The molecule has 116 valence electrons. The highest BCUT2D eigenvalue weighted by molar-refractivity contribution is 5.11. The maximum Gasteiger partial charge on any atom is 0.406 e. The van der Waals surface area contributed by atoms with Crippen LogP contribution in [-0.4, -0.2) is 41.8 Å². The van der Waals surface area contributed by atoms with Gasteiger partial charge in [-0.1, -0.05) is 6.42 Å². The third-order valence-electron chi connectivity index (χ3n) is 5.57. The van der Waals surface area contributed by atoms with Crippen LogP contribution in [0.15, 0.2) is 0 Å². The van der Waals surface area contributed by atoms with Crippen LogP contribution in [0.25, 0.3) is 0 Å². The van der Waals surface area contributed by atoms with Gasteiger partial charge >= 0.3 is 6.18 Å². The van der Waals surface area contributed by atoms with Crippen LogP contribution in [0.3, 0.4) is 0 Å². The summed E-state index contributed by atoms with van der Waals surface area (Å²) in [4.78, 5) is 2.44. The van der Waals surface area contributed by atoms with Gasteiger partial charge in [-0.05, 0) is 51.4 Å². The Bertz CT molecular complexity index is 349. The Morgan fingerprint density at radius 3 is 2.05 bits per heavy atom. The van der Waals surface area contributed by atoms with E-state index in [2.05, 4.69) is 24.1 Å². The minimum Gasteiger partial charge on any atom is -0.300 e. The number of likely N-dealkylation sites (tertiary alicyclic amines) is 1. The van der Waals surface area contributed by atoms with Gasteiger partial charge in [0.2, 0.25) is 0 Å². The number of nitrogens with zero attached hydrogens (tertiary/aromatic N) is 1. The molecule has 0 aromatic heterocycles. The minimum absolute atomic E-state index is 0.0721. The second kappa shape index (κ2) is 4.87. The van der Waals surface area contributed by atoms with Crippen LogP contribution >= 0.6 is 0 Å². The number of rotatable bonds is 3. The molecule has 2 aliphatic carbocycles. The molecule has 2 atom stereocenters. The van der Waals surface area contributed by atoms with Crippen LogP contribution < -0.4 is 5.32 Å². The zero-order valence-electron chi connectivity index (χ0n) is 12.3. The van der Waals surface area contributed by atoms with E-state index in [0.29, 0.717) is 17.9 Å². The molecule has 2 bridgehead atoms. The van der Waals surface area contributed by atoms with Crippen LogP contribution in [0, 0.1) is 11.8 Å². The fourth-order valence-corrected chi connectivity index (χ4v) is 4.08. The van der Waals surface area contributed by atoms with Crippen LogP contribution in [0.5, 0.6) is 0 Å². The lowest BCUT2D eigenvalue weighted by Crippen LogP contribution is -2.62. The van der Waals surface area contributed by atoms with Gasteiger partial charge in [0.05, 0.1) is 0 Å². The quantitative estimate of drug-likeness (QED) is 0.859. The van der Waals surface area contributed by atoms with E-state index in [1.165, 1.54) is 6.42 Å². The first-order valence-electron chi connectivity index (χ1n) is 7.91. The molecule has 3 aliphatic rings. The molecule has 1 aliphatic heterocycles. The average Bonchev–Trinajstić information content (AvgIpc) is 3.08. The van der Waals surface area contributed by atoms with Gasteiger partial charge < -0.3 is 10.2 Å². The van der Waals surface area contributed by atoms with Crippen LogP contribution in [0.1, 0.15) is 46.0 Å². The van der Waals surface area contributed by atoms with Crippen molar-refractivity contribution in [1.29, 1.82) is 0 Å². The summed E-state index contributed by atoms with van der Waals surface area (Å²) in [5, 5.41) is 3.06. The van der Waals surface area contributed by atoms with E-state index >= 15 is 0 Å². The monoisotopic (exact) mass is 290 g/mol. The molecule has 0 amide bonds. The molecule has 1 heterocycles. The third kappa shape index (κ3) is 2.47. The van der Waals surface area contributed by atoms with Crippen molar-refractivity contribution in [2.24, 2.45) is 11.8 Å². The highest BCUT2D eigenvalue weighted by Crippen LogP contribution is 2.51. The molecule has 5 heteroatoms. The van der Waals surface area contributed by atoms with Crippen molar-refractivity contribution in [3.05, 3.63) is 0 Å². The SMILES string of the molecule is CC(C)N1CC2CCCC(C1)C2NC1(C(F)(F)F)CC1. The highest BCUT2D eigenvalue weighted by atomic mass is 19.4. The van der Waals surface area contributed by atoms with Gasteiger partial charge in [-0.25, -0.2) is 0 Å². The Hall–Kier alpha value is -0.290. The molecule has 0 radical (unpaired) electrons. The van der Waals surface area contributed by atoms with E-state index in [1.807, 2.05) is 0 Å². The van der Waals surface area contributed by atoms with Gasteiger partial charge in [0.15, 0.2) is 0 Å². The predicted molar refractivity (Wildman–Crippen MR) is 72.5 cm³/mol. The topological polar surface area (TPSA) is 15.3 Å². The number of alkyl halides is 3. The fourth-order valence-electron chi connectivity index (χ4n) is 4.08. The molecular weight excluding hydrogens is 265 g/mol. The van der Waals surface area contributed by atoms with Gasteiger partial charge in [0.1, 0.15) is 5.54 Å². The van der Waals surface area contributed by atoms with Crippen LogP contribution in [-0.2, 0) is 0 Å². The lowest BCUT2D eigenvalue weighted by atomic mass is 9.72. The molecule has 2 nitrogen and oxygen atoms in total. The second-order valence-corrected chi connectivity index (χ2v) is 7.25. The summed E-state index contributed by atoms with van der Waals surface area (Å²) < 4.78 is 39.5. The Balaban J connectivity index is 1.72. The van der Waals surface area contributed by atoms with Crippen LogP contribution in [0.2, 0.25) is 0 Å². The zero-order chi connectivity index (χ0) is 14.5. The number of halogens is 3. The lowest BCUT2D eigenvalue weighted by molar-refractivity contribution is -0.172. The van der Waals surface area contributed by atoms with Gasteiger partial charge in [0, 0.05) is 25.2 Å². The molecular formula is C15H25F3N2. The number of hydrogen-bond acceptors (Lipinski definition) is 2. The maximum atomic E-state index is 13.2. The minimum atomic E-state index is -4.09. The second-order valence-electron chi connectivity index (χ2n) is 7.25. The molecule has 0 spiro atoms. The summed E-state index contributed by atoms with van der Waals surface area (Å²) >= 11 is 0. The van der Waals surface area contributed by atoms with Crippen molar-refractivity contribution < 1.29 is 13.2 Å². The van der Waals surface area contributed by atoms with E-state index in [4.69, 9.17) is 0 Å². The van der Waals surface area contributed by atoms with Gasteiger partial charge in [-0.15, -0.1) is 0 Å². The van der Waals surface area contributed by atoms with Crippen molar-refractivity contribution in [1.82, 2.24) is 10.2 Å². The maximum absolute atomic E-state index is 13.2. The Kier molecular flexibility index (Phi) is 3.57. The Morgan fingerprint density at radius 2 is 1.65 bits per heavy atom. The molecule has 20 heavy (non-hydrogen) atoms. The standard InChI is InChI=1S/C15H25F3N2/c1-10(2)20-8-11-4-3-5-12(9-20)13(11)19-14(6-7-14)15(16,17)18/h10-13,19H,3-9H2,1-2H3. The summed E-state index contributed by atoms with van der Waals surface area (Å²) in [6.45, 7) is 6.28. The molecule has 0 aromatic rings. The first-order chi connectivity index (χ1) is 9.32. The Morgan fingerprint density at radius 1 is 1.10 bits per heavy atom. The number of nitrogens with one attached hydrogen (secondary N) is 1. The average molecular weight is 290 g/mol. The molecule has 1 saturated heterocycles. The number of hydrogen-bond donors (Lipinski definition) is 1. The van der Waals surface area contributed by atoms with E-state index < -0.39 is 11.7 Å². The van der Waals surface area contributed by atoms with Crippen LogP contribution in [0.4, 0.5) is 13.2 Å². The van der Waals surface area contributed by atoms with Crippen molar-refractivity contribution >= 4 is 0 Å². The molecule has 3 rings (SSSR count). The summed E-state index contributed by atoms with van der Waals surface area (Å²) in [5.41, 5.74) is -1.55. The number of piperidine rings is 1. The molecule has 0 aromatic carbocycles. The van der Waals surface area contributed by atoms with Crippen molar-refractivity contribution in [3.63, 3.8) is 0 Å². The van der Waals surface area contributed by atoms with Gasteiger partial charge in [0.25, 0.3) is 0 Å². The first-order valence-corrected chi connectivity index (χ1v) is 7.91. The molecule has 2 saturated carbocycles. The number of fused-ring (bicyclic) bond motifs is 2. The highest BCUT2D eigenvalue weighted by Gasteiger charge is 2.64. The third-order valence-corrected chi connectivity index (χ3v) is 5.57. The molecule has 3 fully saturated rings. The summed E-state index contributed by atoms with van der Waals surface area (Å²) in [5.74, 6) is 0.787. The largest absolute Gasteiger partial charge is 0.406 e. The van der Waals surface area contributed by atoms with E-state index in [1.54, 1.807) is 0 Å². The first kappa shape index (κ1) is 14.6. The predicted octanol–water partition coefficient (Wildman–Crippen LogP) is 3.18. The van der Waals surface area contributed by atoms with Crippen molar-refractivity contribution in [2.75, 3.05) is 13.1 Å². The smallest absolute Gasteiger partial charge is 0.300 e. The van der Waals surface area contributed by atoms with E-state index in [9.17, 15) is 13.2 Å². The van der Waals surface area contributed by atoms with E-state index in [0.717, 1.165) is 25.9 Å². The lowest BCUT2D eigenvalue weighted by Gasteiger charge is -2.50. The normalized spacial score (nSPS) is 37.2. The van der Waals surface area contributed by atoms with Gasteiger partial charge in [-0.2, -0.15) is 13.2 Å². The summed E-state index contributed by atoms with van der Waals surface area (Å²) in [6, 6.07) is 0.569. The molecule has 2 unspecified atom stereocenters. The fraction of sp³-hybridized carbons (Fsp3) is 1.00. The summed E-state index contributed by atoms with van der Waals surface area (Å²) in [6.07, 6.45) is -0.230. The van der Waals surface area contributed by atoms with Gasteiger partial charge in [-0.3, -0.25) is 0 Å². The Labute approximate surface area is 119 Å². The van der Waals surface area contributed by atoms with E-state index in [-0.39, 0.29) is 18.9 Å². The van der Waals surface area contributed by atoms with Crippen molar-refractivity contribution in [3.8, 4) is 0 Å². The molecule has 1 N–H and O–H groups in total. The zero-order valence-corrected chi connectivity index (χ0v) is 12.3. The summed E-state index contributed by atoms with van der Waals surface area (Å²) in [7, 11) is 0.